The first-order chi connectivity index (χ1) is 5.66. The summed E-state index contributed by atoms with van der Waals surface area (Å²) in [5, 5.41) is 15.4. The molecule has 0 radical (unpaired) electrons. The van der Waals surface area contributed by atoms with Crippen LogP contribution < -0.4 is 5.73 Å². The normalized spacial score (nSPS) is 7.25. The number of carboxylic acid groups (broad SMARTS) is 1. The second kappa shape index (κ2) is 5.61. The molecule has 0 aliphatic carbocycles. The van der Waals surface area contributed by atoms with Gasteiger partial charge in [0.1, 0.15) is 6.07 Å². The Bertz CT molecular complexity index is 275. The molecular formula is C6H6N4O2. The van der Waals surface area contributed by atoms with E-state index >= 15 is 0 Å². The van der Waals surface area contributed by atoms with Crippen LogP contribution in [-0.4, -0.2) is 21.2 Å². The maximum atomic E-state index is 8.78. The van der Waals surface area contributed by atoms with Crippen LogP contribution in [0.4, 0.5) is 4.79 Å². The van der Waals surface area contributed by atoms with Crippen molar-refractivity contribution in [3.8, 4) is 6.07 Å². The lowest BCUT2D eigenvalue weighted by Gasteiger charge is -1.79. The van der Waals surface area contributed by atoms with Crippen LogP contribution in [0, 0.1) is 11.3 Å². The van der Waals surface area contributed by atoms with Crippen LogP contribution in [0.25, 0.3) is 0 Å². The molecule has 1 heterocycles. The van der Waals surface area contributed by atoms with E-state index in [1.165, 1.54) is 18.6 Å². The minimum absolute atomic E-state index is 0.354. The van der Waals surface area contributed by atoms with Crippen molar-refractivity contribution >= 4 is 6.09 Å². The Morgan fingerprint density at radius 3 is 2.50 bits per heavy atom. The summed E-state index contributed by atoms with van der Waals surface area (Å²) in [6, 6.07) is 1.85. The van der Waals surface area contributed by atoms with Crippen LogP contribution in [0.3, 0.4) is 0 Å². The molecule has 0 spiro atoms. The van der Waals surface area contributed by atoms with Crippen molar-refractivity contribution in [2.75, 3.05) is 0 Å². The summed E-state index contributed by atoms with van der Waals surface area (Å²) < 4.78 is 0. The van der Waals surface area contributed by atoms with Gasteiger partial charge in [0, 0.05) is 12.4 Å². The SMILES string of the molecule is N#Cc1cnccn1.NC(=O)O. The molecule has 0 aromatic carbocycles. The van der Waals surface area contributed by atoms with Gasteiger partial charge in [0.15, 0.2) is 5.69 Å². The molecule has 0 atom stereocenters. The molecule has 1 rings (SSSR count). The number of primary amides is 1. The molecule has 0 aliphatic rings. The maximum absolute atomic E-state index is 8.78. The van der Waals surface area contributed by atoms with Gasteiger partial charge in [-0.25, -0.2) is 9.78 Å². The molecule has 0 unspecified atom stereocenters. The number of hydrogen-bond acceptors (Lipinski definition) is 4. The second-order valence-electron chi connectivity index (χ2n) is 1.54. The van der Waals surface area contributed by atoms with E-state index in [0.29, 0.717) is 5.69 Å². The first-order valence-electron chi connectivity index (χ1n) is 2.81. The Kier molecular flexibility index (Phi) is 4.60. The fourth-order valence-electron chi connectivity index (χ4n) is 0.357. The van der Waals surface area contributed by atoms with Crippen molar-refractivity contribution in [2.24, 2.45) is 5.73 Å². The molecule has 0 saturated heterocycles. The number of nitrogens with two attached hydrogens (primary N) is 1. The van der Waals surface area contributed by atoms with Crippen LogP contribution in [0.2, 0.25) is 0 Å². The summed E-state index contributed by atoms with van der Waals surface area (Å²) in [4.78, 5) is 16.1. The lowest BCUT2D eigenvalue weighted by atomic mass is 10.5. The Labute approximate surface area is 68.3 Å². The van der Waals surface area contributed by atoms with Crippen LogP contribution in [0.1, 0.15) is 5.69 Å². The molecule has 0 saturated carbocycles. The van der Waals surface area contributed by atoms with Gasteiger partial charge in [0.2, 0.25) is 0 Å². The van der Waals surface area contributed by atoms with Gasteiger partial charge < -0.3 is 10.8 Å². The van der Waals surface area contributed by atoms with Crippen molar-refractivity contribution in [1.29, 1.82) is 5.26 Å². The van der Waals surface area contributed by atoms with Gasteiger partial charge in [-0.15, -0.1) is 0 Å². The van der Waals surface area contributed by atoms with Crippen LogP contribution in [-0.2, 0) is 0 Å². The number of hydrogen-bond donors (Lipinski definition) is 2. The highest BCUT2D eigenvalue weighted by molar-refractivity contribution is 5.61. The quantitative estimate of drug-likeness (QED) is 0.561. The summed E-state index contributed by atoms with van der Waals surface area (Å²) in [5.74, 6) is 0. The number of rotatable bonds is 0. The van der Waals surface area contributed by atoms with E-state index in [1.54, 1.807) is 0 Å². The van der Waals surface area contributed by atoms with E-state index in [4.69, 9.17) is 15.2 Å². The highest BCUT2D eigenvalue weighted by atomic mass is 16.4. The Morgan fingerprint density at radius 2 is 2.25 bits per heavy atom. The number of amides is 1. The number of nitriles is 1. The van der Waals surface area contributed by atoms with Crippen molar-refractivity contribution in [3.63, 3.8) is 0 Å². The van der Waals surface area contributed by atoms with Gasteiger partial charge in [-0.2, -0.15) is 5.26 Å². The molecule has 12 heavy (non-hydrogen) atoms. The summed E-state index contributed by atoms with van der Waals surface area (Å²) in [7, 11) is 0. The van der Waals surface area contributed by atoms with Gasteiger partial charge in [-0.3, -0.25) is 4.98 Å². The Morgan fingerprint density at radius 1 is 1.67 bits per heavy atom. The standard InChI is InChI=1S/C5H3N3.CH3NO2/c6-3-5-4-7-1-2-8-5;2-1(3)4/h1-2,4H;2H2,(H,3,4). The molecule has 0 bridgehead atoms. The average Bonchev–Trinajstić information content (AvgIpc) is 2.05. The molecule has 62 valence electrons. The lowest BCUT2D eigenvalue weighted by molar-refractivity contribution is 0.205. The first-order valence-corrected chi connectivity index (χ1v) is 2.81. The third kappa shape index (κ3) is 5.97. The van der Waals surface area contributed by atoms with E-state index in [1.807, 2.05) is 6.07 Å². The maximum Gasteiger partial charge on any atom is 0.402 e. The van der Waals surface area contributed by atoms with E-state index in [9.17, 15) is 0 Å². The zero-order chi connectivity index (χ0) is 9.40. The van der Waals surface area contributed by atoms with E-state index in [0.717, 1.165) is 0 Å². The summed E-state index contributed by atoms with van der Waals surface area (Å²) in [6.07, 6.45) is 3.10. The zero-order valence-electron chi connectivity index (χ0n) is 6.01. The number of carbonyl (C=O) groups is 1. The van der Waals surface area contributed by atoms with Crippen molar-refractivity contribution in [1.82, 2.24) is 9.97 Å². The predicted molar refractivity (Wildman–Crippen MR) is 39.0 cm³/mol. The second-order valence-corrected chi connectivity index (χ2v) is 1.54. The molecule has 0 fully saturated rings. The Balaban J connectivity index is 0.000000261. The van der Waals surface area contributed by atoms with Gasteiger partial charge >= 0.3 is 6.09 Å². The van der Waals surface area contributed by atoms with Crippen molar-refractivity contribution in [2.45, 2.75) is 0 Å². The van der Waals surface area contributed by atoms with Gasteiger partial charge in [0.05, 0.1) is 6.20 Å². The van der Waals surface area contributed by atoms with Gasteiger partial charge in [-0.1, -0.05) is 0 Å². The van der Waals surface area contributed by atoms with Crippen molar-refractivity contribution < 1.29 is 9.90 Å². The minimum atomic E-state index is -1.33. The fourth-order valence-corrected chi connectivity index (χ4v) is 0.357. The zero-order valence-corrected chi connectivity index (χ0v) is 6.01. The monoisotopic (exact) mass is 166 g/mol. The fraction of sp³-hybridized carbons (Fsp3) is 0. The molecule has 1 aromatic heterocycles. The third-order valence-corrected chi connectivity index (χ3v) is 0.678. The Hall–Kier alpha value is -2.16. The van der Waals surface area contributed by atoms with Gasteiger partial charge in [0.25, 0.3) is 0 Å². The molecular weight excluding hydrogens is 160 g/mol. The predicted octanol–water partition coefficient (Wildman–Crippen LogP) is -0.0286. The summed E-state index contributed by atoms with van der Waals surface area (Å²) in [5.41, 5.74) is 4.38. The van der Waals surface area contributed by atoms with Crippen LogP contribution in [0.5, 0.6) is 0 Å². The first kappa shape index (κ1) is 9.84. The summed E-state index contributed by atoms with van der Waals surface area (Å²) >= 11 is 0. The number of nitrogens with zero attached hydrogens (tertiary/aromatic N) is 3. The van der Waals surface area contributed by atoms with Gasteiger partial charge in [-0.05, 0) is 0 Å². The topological polar surface area (TPSA) is 113 Å². The molecule has 1 amide bonds. The van der Waals surface area contributed by atoms with Crippen LogP contribution in [0.15, 0.2) is 18.6 Å². The minimum Gasteiger partial charge on any atom is -0.465 e. The molecule has 1 aromatic rings. The number of aromatic nitrogens is 2. The van der Waals surface area contributed by atoms with E-state index < -0.39 is 6.09 Å². The van der Waals surface area contributed by atoms with Crippen molar-refractivity contribution in [3.05, 3.63) is 24.3 Å². The average molecular weight is 166 g/mol. The van der Waals surface area contributed by atoms with E-state index in [2.05, 4.69) is 15.7 Å². The highest BCUT2D eigenvalue weighted by Gasteiger charge is 1.82. The molecule has 0 aliphatic heterocycles. The summed E-state index contributed by atoms with van der Waals surface area (Å²) in [6.45, 7) is 0. The van der Waals surface area contributed by atoms with Crippen LogP contribution >= 0.6 is 0 Å². The third-order valence-electron chi connectivity index (χ3n) is 0.678. The molecule has 6 heteroatoms. The smallest absolute Gasteiger partial charge is 0.402 e. The molecule has 6 nitrogen and oxygen atoms in total. The van der Waals surface area contributed by atoms with E-state index in [-0.39, 0.29) is 0 Å². The lowest BCUT2D eigenvalue weighted by Crippen LogP contribution is -2.03. The highest BCUT2D eigenvalue weighted by Crippen LogP contribution is 1.82. The largest absolute Gasteiger partial charge is 0.465 e. The molecule has 3 N–H and O–H groups in total.